The second-order valence-corrected chi connectivity index (χ2v) is 5.24. The van der Waals surface area contributed by atoms with E-state index in [0.29, 0.717) is 4.47 Å². The summed E-state index contributed by atoms with van der Waals surface area (Å²) in [6, 6.07) is 5.95. The van der Waals surface area contributed by atoms with Crippen molar-refractivity contribution in [2.45, 2.75) is 6.18 Å². The lowest BCUT2D eigenvalue weighted by Gasteiger charge is -2.11. The highest BCUT2D eigenvalue weighted by Crippen LogP contribution is 2.33. The number of alkyl halides is 3. The van der Waals surface area contributed by atoms with E-state index in [0.717, 1.165) is 18.2 Å². The minimum absolute atomic E-state index is 0.0761. The number of nitrogens with one attached hydrogen (secondary N) is 1. The van der Waals surface area contributed by atoms with Gasteiger partial charge in [0.05, 0.1) is 16.3 Å². The predicted molar refractivity (Wildman–Crippen MR) is 76.3 cm³/mol. The zero-order chi connectivity index (χ0) is 15.6. The summed E-state index contributed by atoms with van der Waals surface area (Å²) >= 11 is 8.92. The molecule has 1 aromatic heterocycles. The Kier molecular flexibility index (Phi) is 4.53. The van der Waals surface area contributed by atoms with Gasteiger partial charge in [0, 0.05) is 10.7 Å². The molecule has 3 nitrogen and oxygen atoms in total. The highest BCUT2D eigenvalue weighted by atomic mass is 79.9. The van der Waals surface area contributed by atoms with E-state index in [1.165, 1.54) is 6.20 Å². The lowest BCUT2D eigenvalue weighted by molar-refractivity contribution is -0.137. The molecule has 0 saturated heterocycles. The fraction of sp³-hybridized carbons (Fsp3) is 0.0769. The van der Waals surface area contributed by atoms with E-state index < -0.39 is 17.6 Å². The number of carbonyl (C=O) groups is 1. The fourth-order valence-corrected chi connectivity index (χ4v) is 2.19. The third-order valence-electron chi connectivity index (χ3n) is 2.52. The molecule has 0 bridgehead atoms. The van der Waals surface area contributed by atoms with Crippen LogP contribution in [0.15, 0.2) is 41.0 Å². The van der Waals surface area contributed by atoms with Crippen LogP contribution in [0.25, 0.3) is 0 Å². The molecular weight excluding hydrogens is 373 g/mol. The third kappa shape index (κ3) is 3.74. The Balaban J connectivity index is 2.25. The van der Waals surface area contributed by atoms with Crippen LogP contribution in [-0.2, 0) is 6.18 Å². The van der Waals surface area contributed by atoms with E-state index in [4.69, 9.17) is 11.6 Å². The number of rotatable bonds is 2. The van der Waals surface area contributed by atoms with Crippen molar-refractivity contribution >= 4 is 39.1 Å². The van der Waals surface area contributed by atoms with Crippen molar-refractivity contribution in [3.8, 4) is 0 Å². The van der Waals surface area contributed by atoms with Gasteiger partial charge in [0.25, 0.3) is 5.91 Å². The first-order chi connectivity index (χ1) is 9.79. The Morgan fingerprint density at radius 1 is 1.29 bits per heavy atom. The first-order valence-corrected chi connectivity index (χ1v) is 6.75. The molecule has 0 fully saturated rings. The number of aromatic nitrogens is 1. The molecule has 2 rings (SSSR count). The Bertz CT molecular complexity index is 691. The predicted octanol–water partition coefficient (Wildman–Crippen LogP) is 4.77. The summed E-state index contributed by atoms with van der Waals surface area (Å²) in [6.45, 7) is 0. The van der Waals surface area contributed by atoms with Gasteiger partial charge in [-0.25, -0.2) is 4.98 Å². The molecule has 2 aromatic rings. The first kappa shape index (κ1) is 15.8. The van der Waals surface area contributed by atoms with Crippen LogP contribution in [-0.4, -0.2) is 10.9 Å². The van der Waals surface area contributed by atoms with E-state index in [2.05, 4.69) is 26.2 Å². The lowest BCUT2D eigenvalue weighted by Crippen LogP contribution is -2.15. The number of nitrogens with zero attached hydrogens (tertiary/aromatic N) is 1. The summed E-state index contributed by atoms with van der Waals surface area (Å²) in [5.74, 6) is -0.580. The molecule has 1 N–H and O–H groups in total. The maximum atomic E-state index is 12.5. The van der Waals surface area contributed by atoms with Crippen molar-refractivity contribution in [3.05, 3.63) is 57.3 Å². The van der Waals surface area contributed by atoms with Crippen LogP contribution >= 0.6 is 27.5 Å². The summed E-state index contributed by atoms with van der Waals surface area (Å²) in [7, 11) is 0. The normalized spacial score (nSPS) is 11.3. The molecule has 1 heterocycles. The molecule has 0 aliphatic carbocycles. The highest BCUT2D eigenvalue weighted by molar-refractivity contribution is 9.10. The Labute approximate surface area is 131 Å². The SMILES string of the molecule is O=C(Nc1ccc(C(F)(F)F)cc1Cl)c1ncccc1Br. The molecule has 1 amide bonds. The molecule has 0 spiro atoms. The molecule has 21 heavy (non-hydrogen) atoms. The molecule has 8 heteroatoms. The molecule has 110 valence electrons. The average molecular weight is 380 g/mol. The number of halogens is 5. The molecule has 0 atom stereocenters. The van der Waals surface area contributed by atoms with Crippen LogP contribution in [0, 0.1) is 0 Å². The summed E-state index contributed by atoms with van der Waals surface area (Å²) in [4.78, 5) is 15.9. The first-order valence-electron chi connectivity index (χ1n) is 5.57. The van der Waals surface area contributed by atoms with Gasteiger partial charge in [-0.3, -0.25) is 4.79 Å². The van der Waals surface area contributed by atoms with E-state index >= 15 is 0 Å². The van der Waals surface area contributed by atoms with Crippen molar-refractivity contribution in [3.63, 3.8) is 0 Å². The number of carbonyl (C=O) groups excluding carboxylic acids is 1. The van der Waals surface area contributed by atoms with Gasteiger partial charge in [0.2, 0.25) is 0 Å². The van der Waals surface area contributed by atoms with Crippen molar-refractivity contribution in [1.29, 1.82) is 0 Å². The van der Waals surface area contributed by atoms with Crippen molar-refractivity contribution < 1.29 is 18.0 Å². The molecule has 0 aliphatic rings. The van der Waals surface area contributed by atoms with Crippen LogP contribution in [0.2, 0.25) is 5.02 Å². The quantitative estimate of drug-likeness (QED) is 0.817. The number of anilines is 1. The Hall–Kier alpha value is -1.60. The maximum Gasteiger partial charge on any atom is 0.416 e. The van der Waals surface area contributed by atoms with E-state index in [1.54, 1.807) is 12.1 Å². The highest BCUT2D eigenvalue weighted by Gasteiger charge is 2.31. The number of hydrogen-bond donors (Lipinski definition) is 1. The average Bonchev–Trinajstić information content (AvgIpc) is 2.40. The summed E-state index contributed by atoms with van der Waals surface area (Å²) in [5.41, 5.74) is -0.704. The second kappa shape index (κ2) is 6.03. The molecular formula is C13H7BrClF3N2O. The minimum Gasteiger partial charge on any atom is -0.319 e. The van der Waals surface area contributed by atoms with Gasteiger partial charge in [-0.2, -0.15) is 13.2 Å². The number of pyridine rings is 1. The summed E-state index contributed by atoms with van der Waals surface area (Å²) < 4.78 is 38.0. The van der Waals surface area contributed by atoms with Gasteiger partial charge >= 0.3 is 6.18 Å². The summed E-state index contributed by atoms with van der Waals surface area (Å²) in [6.07, 6.45) is -3.07. The summed E-state index contributed by atoms with van der Waals surface area (Å²) in [5, 5.41) is 2.21. The molecule has 0 radical (unpaired) electrons. The molecule has 0 aliphatic heterocycles. The van der Waals surface area contributed by atoms with Crippen LogP contribution in [0.1, 0.15) is 16.1 Å². The van der Waals surface area contributed by atoms with Gasteiger partial charge in [-0.05, 0) is 46.3 Å². The zero-order valence-electron chi connectivity index (χ0n) is 10.2. The lowest BCUT2D eigenvalue weighted by atomic mass is 10.2. The van der Waals surface area contributed by atoms with Crippen molar-refractivity contribution in [1.82, 2.24) is 4.98 Å². The van der Waals surface area contributed by atoms with Gasteiger partial charge in [-0.1, -0.05) is 11.6 Å². The van der Waals surface area contributed by atoms with Crippen LogP contribution in [0.4, 0.5) is 18.9 Å². The maximum absolute atomic E-state index is 12.5. The standard InChI is InChI=1S/C13H7BrClF3N2O/c14-8-2-1-5-19-11(8)12(21)20-10-4-3-7(6-9(10)15)13(16,17)18/h1-6H,(H,20,21). The smallest absolute Gasteiger partial charge is 0.319 e. The number of benzene rings is 1. The molecule has 0 unspecified atom stereocenters. The van der Waals surface area contributed by atoms with Gasteiger partial charge in [0.15, 0.2) is 0 Å². The van der Waals surface area contributed by atoms with Gasteiger partial charge in [-0.15, -0.1) is 0 Å². The van der Waals surface area contributed by atoms with E-state index in [9.17, 15) is 18.0 Å². The second-order valence-electron chi connectivity index (χ2n) is 3.98. The van der Waals surface area contributed by atoms with E-state index in [1.807, 2.05) is 0 Å². The van der Waals surface area contributed by atoms with Crippen LogP contribution < -0.4 is 5.32 Å². The van der Waals surface area contributed by atoms with Gasteiger partial charge in [0.1, 0.15) is 5.69 Å². The number of hydrogen-bond acceptors (Lipinski definition) is 2. The zero-order valence-corrected chi connectivity index (χ0v) is 12.6. The fourth-order valence-electron chi connectivity index (χ4n) is 1.53. The van der Waals surface area contributed by atoms with Crippen LogP contribution in [0.3, 0.4) is 0 Å². The third-order valence-corrected chi connectivity index (χ3v) is 3.47. The van der Waals surface area contributed by atoms with Gasteiger partial charge < -0.3 is 5.32 Å². The van der Waals surface area contributed by atoms with Crippen molar-refractivity contribution in [2.24, 2.45) is 0 Å². The molecule has 0 saturated carbocycles. The topological polar surface area (TPSA) is 42.0 Å². The Morgan fingerprint density at radius 2 is 2.00 bits per heavy atom. The van der Waals surface area contributed by atoms with Crippen molar-refractivity contribution in [2.75, 3.05) is 5.32 Å². The monoisotopic (exact) mass is 378 g/mol. The molecule has 1 aromatic carbocycles. The van der Waals surface area contributed by atoms with E-state index in [-0.39, 0.29) is 16.4 Å². The van der Waals surface area contributed by atoms with Crippen LogP contribution in [0.5, 0.6) is 0 Å². The Morgan fingerprint density at radius 3 is 2.57 bits per heavy atom. The number of amides is 1. The minimum atomic E-state index is -4.49. The largest absolute Gasteiger partial charge is 0.416 e.